The molecule has 1 rings (SSSR count). The molecule has 0 spiro atoms. The van der Waals surface area contributed by atoms with Gasteiger partial charge in [0, 0.05) is 6.42 Å². The van der Waals surface area contributed by atoms with E-state index in [-0.39, 0.29) is 19.2 Å². The number of rotatable bonds is 21. The van der Waals surface area contributed by atoms with Crippen LogP contribution in [0.3, 0.4) is 0 Å². The Hall–Kier alpha value is -1.07. The average molecular weight is 519 g/mol. The highest BCUT2D eigenvalue weighted by molar-refractivity contribution is 5.69. The van der Waals surface area contributed by atoms with Crippen LogP contribution < -0.4 is 0 Å². The van der Waals surface area contributed by atoms with Crippen molar-refractivity contribution >= 4 is 5.97 Å². The highest BCUT2D eigenvalue weighted by atomic mass is 16.7. The Kier molecular flexibility index (Phi) is 19.2. The third-order valence-corrected chi connectivity index (χ3v) is 6.38. The highest BCUT2D eigenvalue weighted by Crippen LogP contribution is 2.22. The minimum absolute atomic E-state index is 0.263. The van der Waals surface area contributed by atoms with Crippen molar-refractivity contribution in [1.82, 2.24) is 0 Å². The van der Waals surface area contributed by atoms with Gasteiger partial charge in [0.2, 0.25) is 0 Å². The minimum Gasteiger partial charge on any atom is -0.463 e. The molecule has 9 nitrogen and oxygen atoms in total. The van der Waals surface area contributed by atoms with Gasteiger partial charge in [-0.2, -0.15) is 0 Å². The van der Waals surface area contributed by atoms with Gasteiger partial charge in [-0.1, -0.05) is 70.4 Å². The molecule has 212 valence electrons. The number of carbonyl (C=O) groups is 1. The second-order valence-electron chi connectivity index (χ2n) is 9.70. The number of allylic oxidation sites excluding steroid dienone is 2. The topological polar surface area (TPSA) is 146 Å². The van der Waals surface area contributed by atoms with E-state index in [4.69, 9.17) is 19.3 Å². The van der Waals surface area contributed by atoms with Crippen LogP contribution in [0.4, 0.5) is 0 Å². The molecule has 1 heterocycles. The summed E-state index contributed by atoms with van der Waals surface area (Å²) in [5.74, 6) is -0.389. The maximum Gasteiger partial charge on any atom is 0.305 e. The van der Waals surface area contributed by atoms with E-state index in [1.807, 2.05) is 0 Å². The molecule has 0 aromatic rings. The van der Waals surface area contributed by atoms with Crippen molar-refractivity contribution in [2.45, 2.75) is 134 Å². The van der Waals surface area contributed by atoms with Crippen LogP contribution in [0, 0.1) is 0 Å². The van der Waals surface area contributed by atoms with E-state index in [0.29, 0.717) is 6.42 Å². The van der Waals surface area contributed by atoms with Crippen molar-refractivity contribution in [3.63, 3.8) is 0 Å². The molecule has 0 aliphatic carbocycles. The van der Waals surface area contributed by atoms with Crippen molar-refractivity contribution < 1.29 is 44.5 Å². The zero-order valence-corrected chi connectivity index (χ0v) is 22.0. The summed E-state index contributed by atoms with van der Waals surface area (Å²) in [7, 11) is 0. The molecule has 0 saturated carbocycles. The van der Waals surface area contributed by atoms with Crippen LogP contribution in [0.2, 0.25) is 0 Å². The van der Waals surface area contributed by atoms with Gasteiger partial charge in [-0.25, -0.2) is 0 Å². The van der Waals surface area contributed by atoms with Crippen molar-refractivity contribution in [2.24, 2.45) is 0 Å². The Morgan fingerprint density at radius 3 is 2.03 bits per heavy atom. The smallest absolute Gasteiger partial charge is 0.305 e. The molecule has 0 unspecified atom stereocenters. The van der Waals surface area contributed by atoms with Gasteiger partial charge in [-0.05, 0) is 32.1 Å². The Bertz CT molecular complexity index is 569. The molecule has 0 amide bonds. The number of hydrogen-bond acceptors (Lipinski definition) is 9. The SMILES string of the molecule is CCCCCCCC/C=C\CCCCCCCC(=O)OC[C@H](O)CO[C@H]1O[C@@H](CO)[C@H](O)[C@@H](O)[C@@H]1O. The third-order valence-electron chi connectivity index (χ3n) is 6.38. The van der Waals surface area contributed by atoms with Crippen LogP contribution >= 0.6 is 0 Å². The second kappa shape index (κ2) is 20.9. The summed E-state index contributed by atoms with van der Waals surface area (Å²) in [6.07, 6.45) is 12.1. The molecule has 0 bridgehead atoms. The summed E-state index contributed by atoms with van der Waals surface area (Å²) in [5.41, 5.74) is 0. The molecule has 0 aromatic carbocycles. The fourth-order valence-corrected chi connectivity index (χ4v) is 4.06. The van der Waals surface area contributed by atoms with E-state index in [1.54, 1.807) is 0 Å². The molecule has 0 radical (unpaired) electrons. The predicted octanol–water partition coefficient (Wildman–Crippen LogP) is 2.74. The number of ether oxygens (including phenoxy) is 3. The van der Waals surface area contributed by atoms with Crippen LogP contribution in [-0.4, -0.2) is 88.1 Å². The van der Waals surface area contributed by atoms with Crippen LogP contribution in [0.15, 0.2) is 12.2 Å². The van der Waals surface area contributed by atoms with Gasteiger partial charge in [-0.3, -0.25) is 4.79 Å². The van der Waals surface area contributed by atoms with Crippen molar-refractivity contribution in [1.29, 1.82) is 0 Å². The Morgan fingerprint density at radius 1 is 0.833 bits per heavy atom. The normalized spacial score (nSPS) is 25.3. The number of hydrogen-bond donors (Lipinski definition) is 5. The monoisotopic (exact) mass is 518 g/mol. The van der Waals surface area contributed by atoms with Crippen LogP contribution in [0.5, 0.6) is 0 Å². The number of carbonyl (C=O) groups excluding carboxylic acids is 1. The van der Waals surface area contributed by atoms with Crippen LogP contribution in [-0.2, 0) is 19.0 Å². The molecule has 1 fully saturated rings. The van der Waals surface area contributed by atoms with E-state index in [0.717, 1.165) is 38.5 Å². The molecule has 1 saturated heterocycles. The number of esters is 1. The molecule has 36 heavy (non-hydrogen) atoms. The van der Waals surface area contributed by atoms with E-state index in [1.165, 1.54) is 44.9 Å². The summed E-state index contributed by atoms with van der Waals surface area (Å²) in [4.78, 5) is 11.9. The number of unbranched alkanes of at least 4 members (excludes halogenated alkanes) is 11. The second-order valence-corrected chi connectivity index (χ2v) is 9.70. The number of aliphatic hydroxyl groups excluding tert-OH is 5. The standard InChI is InChI=1S/C27H50O9/c1-2-3-4-5-6-7-8-9-10-11-12-13-14-15-16-17-23(30)34-19-21(29)20-35-27-26(33)25(32)24(31)22(18-28)36-27/h9-10,21-22,24-29,31-33H,2-8,11-20H2,1H3/b10-9-/t21-,22-,24-,25+,26-,27-/m0/s1. The lowest BCUT2D eigenvalue weighted by Crippen LogP contribution is -2.59. The van der Waals surface area contributed by atoms with Crippen molar-refractivity contribution in [3.8, 4) is 0 Å². The summed E-state index contributed by atoms with van der Waals surface area (Å²) in [6, 6.07) is 0. The lowest BCUT2D eigenvalue weighted by Gasteiger charge is -2.39. The molecule has 5 N–H and O–H groups in total. The third kappa shape index (κ3) is 14.6. The average Bonchev–Trinajstić information content (AvgIpc) is 2.88. The molecule has 0 aromatic heterocycles. The van der Waals surface area contributed by atoms with Gasteiger partial charge in [-0.15, -0.1) is 0 Å². The lowest BCUT2D eigenvalue weighted by atomic mass is 9.99. The minimum atomic E-state index is -1.55. The summed E-state index contributed by atoms with van der Waals surface area (Å²) < 4.78 is 15.5. The first-order chi connectivity index (χ1) is 17.4. The lowest BCUT2D eigenvalue weighted by molar-refractivity contribution is -0.305. The zero-order valence-electron chi connectivity index (χ0n) is 22.0. The highest BCUT2D eigenvalue weighted by Gasteiger charge is 2.44. The Morgan fingerprint density at radius 2 is 1.42 bits per heavy atom. The Balaban J connectivity index is 1.98. The zero-order chi connectivity index (χ0) is 26.6. The summed E-state index contributed by atoms with van der Waals surface area (Å²) in [6.45, 7) is 1.09. The molecular formula is C27H50O9. The summed E-state index contributed by atoms with van der Waals surface area (Å²) >= 11 is 0. The first-order valence-corrected chi connectivity index (χ1v) is 13.8. The van der Waals surface area contributed by atoms with Gasteiger partial charge in [0.1, 0.15) is 37.1 Å². The fourth-order valence-electron chi connectivity index (χ4n) is 4.06. The van der Waals surface area contributed by atoms with Gasteiger partial charge in [0.25, 0.3) is 0 Å². The summed E-state index contributed by atoms with van der Waals surface area (Å²) in [5, 5.41) is 48.5. The Labute approximate surface area is 216 Å². The van der Waals surface area contributed by atoms with E-state index in [9.17, 15) is 25.2 Å². The molecule has 1 aliphatic rings. The quantitative estimate of drug-likeness (QED) is 0.0879. The van der Waals surface area contributed by atoms with Gasteiger partial charge in [0.05, 0.1) is 13.2 Å². The van der Waals surface area contributed by atoms with Crippen LogP contribution in [0.1, 0.15) is 96.8 Å². The van der Waals surface area contributed by atoms with Gasteiger partial charge < -0.3 is 39.7 Å². The molecule has 6 atom stereocenters. The van der Waals surface area contributed by atoms with E-state index >= 15 is 0 Å². The maximum absolute atomic E-state index is 11.9. The van der Waals surface area contributed by atoms with E-state index < -0.39 is 43.4 Å². The van der Waals surface area contributed by atoms with E-state index in [2.05, 4.69) is 19.1 Å². The number of aliphatic hydroxyl groups is 5. The van der Waals surface area contributed by atoms with Crippen molar-refractivity contribution in [3.05, 3.63) is 12.2 Å². The predicted molar refractivity (Wildman–Crippen MR) is 136 cm³/mol. The first-order valence-electron chi connectivity index (χ1n) is 13.8. The largest absolute Gasteiger partial charge is 0.463 e. The first kappa shape index (κ1) is 33.0. The molecule has 9 heteroatoms. The van der Waals surface area contributed by atoms with Gasteiger partial charge >= 0.3 is 5.97 Å². The maximum atomic E-state index is 11.9. The molecular weight excluding hydrogens is 468 g/mol. The van der Waals surface area contributed by atoms with Crippen LogP contribution in [0.25, 0.3) is 0 Å². The molecule has 1 aliphatic heterocycles. The van der Waals surface area contributed by atoms with Crippen molar-refractivity contribution in [2.75, 3.05) is 19.8 Å². The fraction of sp³-hybridized carbons (Fsp3) is 0.889. The van der Waals surface area contributed by atoms with Gasteiger partial charge in [0.15, 0.2) is 6.29 Å².